The Morgan fingerprint density at radius 3 is 2.30 bits per heavy atom. The van der Waals surface area contributed by atoms with Crippen molar-refractivity contribution >= 4 is 21.7 Å². The molecular weight excluding hydrogens is 332 g/mol. The highest BCUT2D eigenvalue weighted by molar-refractivity contribution is 7.91. The molecule has 1 aliphatic rings. The van der Waals surface area contributed by atoms with E-state index in [0.29, 0.717) is 12.8 Å². The Hall–Kier alpha value is -2.03. The molecule has 9 heteroatoms. The molecule has 0 saturated carbocycles. The minimum absolute atomic E-state index is 0.0487. The van der Waals surface area contributed by atoms with E-state index in [1.54, 1.807) is 0 Å². The van der Waals surface area contributed by atoms with Crippen LogP contribution in [-0.2, 0) is 14.6 Å². The molecule has 0 bridgehead atoms. The molecule has 1 saturated heterocycles. The lowest BCUT2D eigenvalue weighted by molar-refractivity contribution is -0.147. The van der Waals surface area contributed by atoms with Crippen LogP contribution in [0, 0.1) is 0 Å². The maximum absolute atomic E-state index is 12.5. The van der Waals surface area contributed by atoms with Crippen LogP contribution < -0.4 is 0 Å². The molecule has 0 radical (unpaired) electrons. The van der Waals surface area contributed by atoms with Crippen LogP contribution in [0.1, 0.15) is 30.1 Å². The van der Waals surface area contributed by atoms with Crippen molar-refractivity contribution in [1.82, 2.24) is 4.90 Å². The highest BCUT2D eigenvalue weighted by Crippen LogP contribution is 2.31. The van der Waals surface area contributed by atoms with E-state index in [9.17, 15) is 31.9 Å². The van der Waals surface area contributed by atoms with Crippen LogP contribution in [-0.4, -0.2) is 48.1 Å². The Balaban J connectivity index is 2.30. The fraction of sp³-hybridized carbons (Fsp3) is 0.429. The van der Waals surface area contributed by atoms with Crippen molar-refractivity contribution in [3.05, 3.63) is 29.8 Å². The number of hydrogen-bond acceptors (Lipinski definition) is 4. The van der Waals surface area contributed by atoms with Gasteiger partial charge in [0.2, 0.25) is 9.84 Å². The summed E-state index contributed by atoms with van der Waals surface area (Å²) in [6.45, 7) is 1.70. The molecule has 1 fully saturated rings. The van der Waals surface area contributed by atoms with Crippen LogP contribution >= 0.6 is 0 Å². The molecule has 1 aromatic carbocycles. The summed E-state index contributed by atoms with van der Waals surface area (Å²) in [7, 11) is -4.73. The summed E-state index contributed by atoms with van der Waals surface area (Å²) in [5.74, 6) is -5.24. The average molecular weight is 347 g/mol. The molecule has 1 atom stereocenters. The Morgan fingerprint density at radius 2 is 1.83 bits per heavy atom. The van der Waals surface area contributed by atoms with Crippen LogP contribution in [0.5, 0.6) is 0 Å². The topological polar surface area (TPSA) is 91.8 Å². The molecule has 1 unspecified atom stereocenters. The first-order chi connectivity index (χ1) is 10.6. The SMILES string of the molecule is CC1(C(=O)O)CCCN1C(=O)c1ccc(S(=O)(=O)C(F)F)cc1. The number of halogens is 2. The molecule has 0 spiro atoms. The zero-order chi connectivity index (χ0) is 17.4. The largest absolute Gasteiger partial charge is 0.480 e. The predicted molar refractivity (Wildman–Crippen MR) is 75.9 cm³/mol. The van der Waals surface area contributed by atoms with Gasteiger partial charge in [-0.15, -0.1) is 0 Å². The van der Waals surface area contributed by atoms with Crippen LogP contribution in [0.4, 0.5) is 8.78 Å². The molecule has 23 heavy (non-hydrogen) atoms. The number of likely N-dealkylation sites (tertiary alicyclic amines) is 1. The summed E-state index contributed by atoms with van der Waals surface area (Å²) in [4.78, 5) is 24.4. The normalized spacial score (nSPS) is 21.7. The lowest BCUT2D eigenvalue weighted by Gasteiger charge is -2.31. The molecule has 1 aliphatic heterocycles. The molecule has 1 N–H and O–H groups in total. The van der Waals surface area contributed by atoms with Gasteiger partial charge in [0.25, 0.3) is 5.91 Å². The fourth-order valence-corrected chi connectivity index (χ4v) is 3.28. The number of aliphatic carboxylic acids is 1. The van der Waals surface area contributed by atoms with Crippen molar-refractivity contribution in [2.75, 3.05) is 6.54 Å². The highest BCUT2D eigenvalue weighted by atomic mass is 32.2. The van der Waals surface area contributed by atoms with Gasteiger partial charge in [0.05, 0.1) is 4.90 Å². The second kappa shape index (κ2) is 5.88. The van der Waals surface area contributed by atoms with Gasteiger partial charge in [-0.25, -0.2) is 13.2 Å². The number of rotatable bonds is 4. The van der Waals surface area contributed by atoms with Crippen molar-refractivity contribution in [2.24, 2.45) is 0 Å². The number of benzene rings is 1. The van der Waals surface area contributed by atoms with Crippen molar-refractivity contribution in [3.8, 4) is 0 Å². The third-order valence-electron chi connectivity index (χ3n) is 4.01. The number of carboxylic acids is 1. The first kappa shape index (κ1) is 17.3. The fourth-order valence-electron chi connectivity index (χ4n) is 2.56. The van der Waals surface area contributed by atoms with E-state index in [4.69, 9.17) is 0 Å². The summed E-state index contributed by atoms with van der Waals surface area (Å²) in [5, 5.41) is 9.29. The van der Waals surface area contributed by atoms with Gasteiger partial charge in [-0.05, 0) is 44.0 Å². The summed E-state index contributed by atoms with van der Waals surface area (Å²) < 4.78 is 47.6. The summed E-state index contributed by atoms with van der Waals surface area (Å²) in [5.41, 5.74) is -1.28. The predicted octanol–water partition coefficient (Wildman–Crippen LogP) is 1.76. The van der Waals surface area contributed by atoms with Crippen molar-refractivity contribution in [2.45, 2.75) is 36.0 Å². The number of carboxylic acid groups (broad SMARTS) is 1. The number of carbonyl (C=O) groups is 2. The van der Waals surface area contributed by atoms with Gasteiger partial charge in [0.1, 0.15) is 5.54 Å². The molecule has 0 aliphatic carbocycles. The number of hydrogen-bond donors (Lipinski definition) is 1. The maximum Gasteiger partial charge on any atom is 0.341 e. The second-order valence-electron chi connectivity index (χ2n) is 5.47. The number of alkyl halides is 2. The van der Waals surface area contributed by atoms with Gasteiger partial charge >= 0.3 is 11.7 Å². The first-order valence-electron chi connectivity index (χ1n) is 6.78. The zero-order valence-electron chi connectivity index (χ0n) is 12.2. The molecule has 1 heterocycles. The van der Waals surface area contributed by atoms with E-state index in [2.05, 4.69) is 0 Å². The number of carbonyl (C=O) groups excluding carboxylic acids is 1. The smallest absolute Gasteiger partial charge is 0.341 e. The molecule has 2 rings (SSSR count). The van der Waals surface area contributed by atoms with Crippen LogP contribution in [0.15, 0.2) is 29.2 Å². The molecule has 6 nitrogen and oxygen atoms in total. The lowest BCUT2D eigenvalue weighted by Crippen LogP contribution is -2.50. The van der Waals surface area contributed by atoms with Gasteiger partial charge in [0.15, 0.2) is 0 Å². The Labute approximate surface area is 131 Å². The van der Waals surface area contributed by atoms with Gasteiger partial charge in [-0.2, -0.15) is 8.78 Å². The third-order valence-corrected chi connectivity index (χ3v) is 5.41. The first-order valence-corrected chi connectivity index (χ1v) is 8.33. The van der Waals surface area contributed by atoms with Crippen molar-refractivity contribution < 1.29 is 31.9 Å². The minimum atomic E-state index is -4.73. The summed E-state index contributed by atoms with van der Waals surface area (Å²) in [6, 6.07) is 4.06. The van der Waals surface area contributed by atoms with Crippen molar-refractivity contribution in [3.63, 3.8) is 0 Å². The van der Waals surface area contributed by atoms with Crippen molar-refractivity contribution in [1.29, 1.82) is 0 Å². The Morgan fingerprint density at radius 1 is 1.26 bits per heavy atom. The standard InChI is InChI=1S/C14H15F2NO5S/c1-14(12(19)20)7-2-8-17(14)11(18)9-3-5-10(6-4-9)23(21,22)13(15)16/h3-6,13H,2,7-8H2,1H3,(H,19,20). The average Bonchev–Trinajstić information content (AvgIpc) is 2.90. The van der Waals surface area contributed by atoms with E-state index >= 15 is 0 Å². The zero-order valence-corrected chi connectivity index (χ0v) is 13.0. The van der Waals surface area contributed by atoms with E-state index in [0.717, 1.165) is 24.3 Å². The van der Waals surface area contributed by atoms with Gasteiger partial charge in [-0.1, -0.05) is 0 Å². The summed E-state index contributed by atoms with van der Waals surface area (Å²) in [6.07, 6.45) is 0.846. The summed E-state index contributed by atoms with van der Waals surface area (Å²) >= 11 is 0. The lowest BCUT2D eigenvalue weighted by atomic mass is 9.98. The van der Waals surface area contributed by atoms with Crippen LogP contribution in [0.3, 0.4) is 0 Å². The molecule has 126 valence electrons. The maximum atomic E-state index is 12.5. The Kier molecular flexibility index (Phi) is 4.43. The van der Waals surface area contributed by atoms with E-state index in [1.807, 2.05) is 0 Å². The van der Waals surface area contributed by atoms with Gasteiger partial charge < -0.3 is 10.0 Å². The quantitative estimate of drug-likeness (QED) is 0.896. The molecule has 0 aromatic heterocycles. The van der Waals surface area contributed by atoms with E-state index < -0.39 is 37.9 Å². The van der Waals surface area contributed by atoms with Gasteiger partial charge in [0, 0.05) is 12.1 Å². The monoisotopic (exact) mass is 347 g/mol. The minimum Gasteiger partial charge on any atom is -0.480 e. The molecular formula is C14H15F2NO5S. The molecule has 1 aromatic rings. The van der Waals surface area contributed by atoms with Crippen LogP contribution in [0.25, 0.3) is 0 Å². The second-order valence-corrected chi connectivity index (χ2v) is 7.39. The highest BCUT2D eigenvalue weighted by Gasteiger charge is 2.46. The Bertz CT molecular complexity index is 732. The molecule has 1 amide bonds. The van der Waals surface area contributed by atoms with Crippen LogP contribution in [0.2, 0.25) is 0 Å². The number of amides is 1. The third kappa shape index (κ3) is 2.92. The number of nitrogens with zero attached hydrogens (tertiary/aromatic N) is 1. The number of sulfone groups is 1. The van der Waals surface area contributed by atoms with E-state index in [1.165, 1.54) is 11.8 Å². The van der Waals surface area contributed by atoms with E-state index in [-0.39, 0.29) is 12.1 Å². The van der Waals surface area contributed by atoms with Gasteiger partial charge in [-0.3, -0.25) is 4.79 Å².